The SMILES string of the molecule is c1ccc(-c2ccc(-c3cc(-c4ccc(-c5ccccc5)cc4)cc(-n4c5ccccc5c5ccc6c7ccccc7n(-c7nc(-c8ccccc8)nc(-c8ccc(-c9ccccc9)cc8)n7)c6c54)c3)cc2)cc1.c1ccc(-c2ccc(-c3cccc(-c4cc(-c5ccccc5)cc(-n5c6ccccc6c6ccc7c8ccccc8n(-c8nc(-c9ccccc9)nc(-c9ccccc9)n8)c7c65)c4)c3)cc2)cc1. The molecule has 27 aromatic rings. The molecule has 0 aliphatic rings. The first-order chi connectivity index (χ1) is 70.4. The van der Waals surface area contributed by atoms with Gasteiger partial charge in [0.05, 0.1) is 44.1 Å². The zero-order valence-electron chi connectivity index (χ0n) is 77.1. The zero-order valence-corrected chi connectivity index (χ0v) is 77.1. The molecule has 664 valence electrons. The number of para-hydroxylation sites is 4. The van der Waals surface area contributed by atoms with Gasteiger partial charge in [0.15, 0.2) is 23.3 Å². The molecule has 0 bridgehead atoms. The molecule has 27 rings (SSSR count). The number of aromatic nitrogens is 10. The third-order valence-corrected chi connectivity index (χ3v) is 27.6. The van der Waals surface area contributed by atoms with E-state index in [0.717, 1.165) is 171 Å². The lowest BCUT2D eigenvalue weighted by Crippen LogP contribution is -2.07. The highest BCUT2D eigenvalue weighted by Gasteiger charge is 2.29. The van der Waals surface area contributed by atoms with Gasteiger partial charge in [0, 0.05) is 76.7 Å². The van der Waals surface area contributed by atoms with Crippen LogP contribution in [0.5, 0.6) is 0 Å². The predicted molar refractivity (Wildman–Crippen MR) is 588 cm³/mol. The van der Waals surface area contributed by atoms with Crippen LogP contribution in [0.25, 0.3) is 256 Å². The molecule has 6 aromatic heterocycles. The van der Waals surface area contributed by atoms with Crippen LogP contribution in [0, 0.1) is 0 Å². The van der Waals surface area contributed by atoms with Crippen LogP contribution in [0.3, 0.4) is 0 Å². The summed E-state index contributed by atoms with van der Waals surface area (Å²) in [5, 5.41) is 9.07. The van der Waals surface area contributed by atoms with Gasteiger partial charge in [-0.25, -0.2) is 9.97 Å². The Morgan fingerprint density at radius 1 is 0.113 bits per heavy atom. The van der Waals surface area contributed by atoms with Crippen LogP contribution in [-0.2, 0) is 0 Å². The lowest BCUT2D eigenvalue weighted by atomic mass is 9.94. The van der Waals surface area contributed by atoms with Crippen molar-refractivity contribution >= 4 is 87.2 Å². The number of benzene rings is 21. The first-order valence-electron chi connectivity index (χ1n) is 48.1. The molecule has 0 unspecified atom stereocenters. The van der Waals surface area contributed by atoms with E-state index in [1.165, 1.54) is 49.9 Å². The Balaban J connectivity index is 0.000000146. The van der Waals surface area contributed by atoms with Gasteiger partial charge in [0.2, 0.25) is 11.9 Å². The minimum atomic E-state index is 0.544. The molecule has 6 heterocycles. The van der Waals surface area contributed by atoms with Gasteiger partial charge >= 0.3 is 0 Å². The maximum Gasteiger partial charge on any atom is 0.238 e. The first kappa shape index (κ1) is 83.4. The van der Waals surface area contributed by atoms with Gasteiger partial charge in [-0.05, 0) is 167 Å². The molecule has 0 aliphatic heterocycles. The summed E-state index contributed by atoms with van der Waals surface area (Å²) in [4.78, 5) is 31.8. The second-order valence-electron chi connectivity index (χ2n) is 36.0. The summed E-state index contributed by atoms with van der Waals surface area (Å²) in [6.45, 7) is 0. The molecular weight excluding hydrogens is 1730 g/mol. The summed E-state index contributed by atoms with van der Waals surface area (Å²) < 4.78 is 9.46. The van der Waals surface area contributed by atoms with Crippen molar-refractivity contribution in [3.8, 4) is 169 Å². The Bertz CT molecular complexity index is 9280. The number of hydrogen-bond donors (Lipinski definition) is 0. The monoisotopic (exact) mass is 1810 g/mol. The van der Waals surface area contributed by atoms with Gasteiger partial charge in [-0.3, -0.25) is 9.13 Å². The van der Waals surface area contributed by atoms with E-state index in [9.17, 15) is 0 Å². The Kier molecular flexibility index (Phi) is 21.1. The minimum Gasteiger partial charge on any atom is -0.307 e. The van der Waals surface area contributed by atoms with E-state index in [4.69, 9.17) is 29.9 Å². The number of fused-ring (bicyclic) bond motifs is 14. The third kappa shape index (κ3) is 15.3. The zero-order chi connectivity index (χ0) is 93.9. The van der Waals surface area contributed by atoms with E-state index >= 15 is 0 Å². The van der Waals surface area contributed by atoms with Gasteiger partial charge < -0.3 is 9.13 Å². The molecule has 0 radical (unpaired) electrons. The van der Waals surface area contributed by atoms with Gasteiger partial charge in [0.25, 0.3) is 0 Å². The molecule has 0 saturated heterocycles. The van der Waals surface area contributed by atoms with Crippen molar-refractivity contribution in [3.05, 3.63) is 522 Å². The molecule has 142 heavy (non-hydrogen) atoms. The number of hydrogen-bond acceptors (Lipinski definition) is 6. The Hall–Kier alpha value is -19.2. The van der Waals surface area contributed by atoms with Gasteiger partial charge in [-0.15, -0.1) is 0 Å². The second-order valence-corrected chi connectivity index (χ2v) is 36.0. The first-order valence-corrected chi connectivity index (χ1v) is 48.1. The topological polar surface area (TPSA) is 97.1 Å². The number of nitrogens with zero attached hydrogens (tertiary/aromatic N) is 10. The fourth-order valence-electron chi connectivity index (χ4n) is 20.7. The summed E-state index contributed by atoms with van der Waals surface area (Å²) in [5.41, 5.74) is 35.0. The van der Waals surface area contributed by atoms with Crippen LogP contribution in [0.4, 0.5) is 0 Å². The van der Waals surface area contributed by atoms with E-state index in [1.54, 1.807) is 0 Å². The van der Waals surface area contributed by atoms with E-state index in [-0.39, 0.29) is 0 Å². The Morgan fingerprint density at radius 3 is 0.570 bits per heavy atom. The third-order valence-electron chi connectivity index (χ3n) is 27.6. The van der Waals surface area contributed by atoms with E-state index in [0.29, 0.717) is 35.2 Å². The molecule has 10 nitrogen and oxygen atoms in total. The summed E-state index contributed by atoms with van der Waals surface area (Å²) in [5.74, 6) is 3.53. The van der Waals surface area contributed by atoms with Crippen LogP contribution in [-0.4, -0.2) is 48.2 Å². The molecule has 10 heteroatoms. The normalized spacial score (nSPS) is 11.5. The standard InChI is InChI=1S/C69H45N5.C63H41N5/c1-5-17-46(18-6-1)49-29-33-52(34-30-49)56-43-57(53-35-31-50(32-36-53)47-19-7-2-8-20-47)45-58(44-56)73-63-27-15-13-25-59(63)61-41-42-62-60-26-14-16-28-64(60)74(66(62)65(61)73)69-71-67(54-23-11-4-12-24-54)70-68(72-69)55-39-37-51(38-40-55)48-21-9-3-10-22-48;1-5-18-42(19-6-1)44-32-34-45(35-33-44)48-26-17-27-49(38-48)51-39-50(43-20-7-2-8-21-43)40-52(41-51)67-57-30-15-13-28-53(57)55-36-37-56-54-29-14-16-31-58(54)68(60(56)59(55)67)63-65-61(46-22-9-3-10-23-46)64-62(66-63)47-24-11-4-12-25-47/h1-45H;1-41H. The van der Waals surface area contributed by atoms with Crippen LogP contribution >= 0.6 is 0 Å². The highest BCUT2D eigenvalue weighted by molar-refractivity contribution is 6.25. The molecule has 21 aromatic carbocycles. The van der Waals surface area contributed by atoms with Crippen molar-refractivity contribution in [2.45, 2.75) is 0 Å². The highest BCUT2D eigenvalue weighted by atomic mass is 15.2. The Labute approximate surface area is 820 Å². The number of rotatable bonds is 17. The molecule has 0 fully saturated rings. The minimum absolute atomic E-state index is 0.544. The maximum atomic E-state index is 5.43. The van der Waals surface area contributed by atoms with Gasteiger partial charge in [-0.2, -0.15) is 19.9 Å². The quantitative estimate of drug-likeness (QED) is 0.0901. The summed E-state index contributed by atoms with van der Waals surface area (Å²) in [6, 6.07) is 186. The maximum absolute atomic E-state index is 5.43. The lowest BCUT2D eigenvalue weighted by molar-refractivity contribution is 0.953. The van der Waals surface area contributed by atoms with Crippen LogP contribution in [0.1, 0.15) is 0 Å². The predicted octanol–water partition coefficient (Wildman–Crippen LogP) is 33.8. The summed E-state index contributed by atoms with van der Waals surface area (Å²) in [7, 11) is 0. The van der Waals surface area contributed by atoms with Crippen LogP contribution in [0.15, 0.2) is 522 Å². The average molecular weight is 1810 g/mol. The lowest BCUT2D eigenvalue weighted by Gasteiger charge is -2.16. The van der Waals surface area contributed by atoms with Crippen molar-refractivity contribution < 1.29 is 0 Å². The molecule has 0 aliphatic carbocycles. The fraction of sp³-hybridized carbons (Fsp3) is 0. The molecule has 0 saturated carbocycles. The Morgan fingerprint density at radius 2 is 0.289 bits per heavy atom. The van der Waals surface area contributed by atoms with Crippen molar-refractivity contribution in [1.29, 1.82) is 0 Å². The smallest absolute Gasteiger partial charge is 0.238 e. The summed E-state index contributed by atoms with van der Waals surface area (Å²) >= 11 is 0. The van der Waals surface area contributed by atoms with Crippen molar-refractivity contribution in [1.82, 2.24) is 48.2 Å². The average Bonchev–Trinajstić information content (AvgIpc) is 1.55. The van der Waals surface area contributed by atoms with Crippen molar-refractivity contribution in [2.24, 2.45) is 0 Å². The van der Waals surface area contributed by atoms with Crippen LogP contribution in [0.2, 0.25) is 0 Å². The van der Waals surface area contributed by atoms with Gasteiger partial charge in [-0.1, -0.05) is 455 Å². The van der Waals surface area contributed by atoms with Crippen LogP contribution < -0.4 is 0 Å². The fourth-order valence-corrected chi connectivity index (χ4v) is 20.7. The largest absolute Gasteiger partial charge is 0.307 e. The van der Waals surface area contributed by atoms with Crippen molar-refractivity contribution in [2.75, 3.05) is 0 Å². The second kappa shape index (κ2) is 35.8. The molecule has 0 amide bonds. The highest BCUT2D eigenvalue weighted by Crippen LogP contribution is 2.48. The summed E-state index contributed by atoms with van der Waals surface area (Å²) in [6.07, 6.45) is 0. The van der Waals surface area contributed by atoms with E-state index < -0.39 is 0 Å². The molecule has 0 N–H and O–H groups in total. The van der Waals surface area contributed by atoms with Gasteiger partial charge in [0.1, 0.15) is 0 Å². The van der Waals surface area contributed by atoms with E-state index in [2.05, 4.69) is 479 Å². The van der Waals surface area contributed by atoms with E-state index in [1.807, 2.05) is 60.7 Å². The van der Waals surface area contributed by atoms with Crippen molar-refractivity contribution in [3.63, 3.8) is 0 Å². The molecule has 0 spiro atoms. The molecule has 0 atom stereocenters. The molecular formula is C132H86N10.